The minimum atomic E-state index is -0.396. The molecule has 0 fully saturated rings. The molecule has 0 saturated heterocycles. The van der Waals surface area contributed by atoms with Gasteiger partial charge in [-0.1, -0.05) is 18.2 Å². The molecule has 5 nitrogen and oxygen atoms in total. The molecule has 6 heteroatoms. The summed E-state index contributed by atoms with van der Waals surface area (Å²) < 4.78 is 13.5. The Bertz CT molecular complexity index is 674. The maximum absolute atomic E-state index is 13.5. The molecular weight excluding hydrogens is 273 g/mol. The van der Waals surface area contributed by atoms with E-state index in [-0.39, 0.29) is 11.5 Å². The van der Waals surface area contributed by atoms with Gasteiger partial charge < -0.3 is 5.32 Å². The average molecular weight is 289 g/mol. The van der Waals surface area contributed by atoms with E-state index in [0.717, 1.165) is 0 Å². The number of aromatic nitrogens is 1. The van der Waals surface area contributed by atoms with Crippen molar-refractivity contribution in [1.29, 1.82) is 0 Å². The van der Waals surface area contributed by atoms with E-state index in [1.807, 2.05) is 0 Å². The summed E-state index contributed by atoms with van der Waals surface area (Å²) in [7, 11) is 0. The smallest absolute Gasteiger partial charge is 0.278 e. The number of aryl methyl sites for hydroxylation is 1. The van der Waals surface area contributed by atoms with Crippen LogP contribution in [0.15, 0.2) is 30.5 Å². The van der Waals surface area contributed by atoms with Gasteiger partial charge in [0.25, 0.3) is 5.69 Å². The SMILES string of the molecule is Cc1cnc(CNCc2ccccc2F)c(C)c1[N+](=O)[O-]. The third-order valence-electron chi connectivity index (χ3n) is 3.32. The Morgan fingerprint density at radius 1 is 1.29 bits per heavy atom. The van der Waals surface area contributed by atoms with Crippen LogP contribution in [0.1, 0.15) is 22.4 Å². The van der Waals surface area contributed by atoms with E-state index in [9.17, 15) is 14.5 Å². The van der Waals surface area contributed by atoms with E-state index in [4.69, 9.17) is 0 Å². The summed E-state index contributed by atoms with van der Waals surface area (Å²) in [5, 5.41) is 14.1. The number of nitrogens with zero attached hydrogens (tertiary/aromatic N) is 2. The number of nitrogens with one attached hydrogen (secondary N) is 1. The van der Waals surface area contributed by atoms with Crippen LogP contribution in [0, 0.1) is 29.8 Å². The molecule has 0 aliphatic rings. The Hall–Kier alpha value is -2.34. The van der Waals surface area contributed by atoms with Gasteiger partial charge in [-0.3, -0.25) is 15.1 Å². The molecule has 0 unspecified atom stereocenters. The van der Waals surface area contributed by atoms with Crippen LogP contribution in [0.25, 0.3) is 0 Å². The lowest BCUT2D eigenvalue weighted by molar-refractivity contribution is -0.386. The second kappa shape index (κ2) is 6.41. The zero-order valence-corrected chi connectivity index (χ0v) is 11.9. The first-order valence-corrected chi connectivity index (χ1v) is 6.54. The number of hydrogen-bond acceptors (Lipinski definition) is 4. The maximum Gasteiger partial charge on any atom is 0.278 e. The first-order valence-electron chi connectivity index (χ1n) is 6.54. The van der Waals surface area contributed by atoms with E-state index in [1.54, 1.807) is 32.0 Å². The van der Waals surface area contributed by atoms with Gasteiger partial charge in [-0.2, -0.15) is 0 Å². The Morgan fingerprint density at radius 3 is 2.67 bits per heavy atom. The zero-order valence-electron chi connectivity index (χ0n) is 11.9. The van der Waals surface area contributed by atoms with Gasteiger partial charge in [-0.15, -0.1) is 0 Å². The Kier molecular flexibility index (Phi) is 4.59. The van der Waals surface area contributed by atoms with E-state index in [2.05, 4.69) is 10.3 Å². The molecule has 0 amide bonds. The van der Waals surface area contributed by atoms with Crippen LogP contribution >= 0.6 is 0 Å². The molecule has 1 aromatic heterocycles. The summed E-state index contributed by atoms with van der Waals surface area (Å²) in [4.78, 5) is 14.9. The lowest BCUT2D eigenvalue weighted by atomic mass is 10.1. The number of rotatable bonds is 5. The molecule has 1 N–H and O–H groups in total. The highest BCUT2D eigenvalue weighted by Gasteiger charge is 2.18. The topological polar surface area (TPSA) is 68.1 Å². The van der Waals surface area contributed by atoms with Crippen molar-refractivity contribution in [1.82, 2.24) is 10.3 Å². The van der Waals surface area contributed by atoms with Gasteiger partial charge in [-0.25, -0.2) is 4.39 Å². The number of benzene rings is 1. The molecule has 1 heterocycles. The van der Waals surface area contributed by atoms with Crippen molar-refractivity contribution in [2.24, 2.45) is 0 Å². The summed E-state index contributed by atoms with van der Waals surface area (Å²) in [6.07, 6.45) is 1.49. The number of nitro groups is 1. The Labute approximate surface area is 122 Å². The quantitative estimate of drug-likeness (QED) is 0.678. The summed E-state index contributed by atoms with van der Waals surface area (Å²) >= 11 is 0. The molecule has 0 aliphatic heterocycles. The lowest BCUT2D eigenvalue weighted by Crippen LogP contribution is -2.16. The monoisotopic (exact) mass is 289 g/mol. The molecule has 2 aromatic rings. The maximum atomic E-state index is 13.5. The third-order valence-corrected chi connectivity index (χ3v) is 3.32. The van der Waals surface area contributed by atoms with Crippen molar-refractivity contribution < 1.29 is 9.31 Å². The minimum Gasteiger partial charge on any atom is -0.307 e. The van der Waals surface area contributed by atoms with Gasteiger partial charge in [0.2, 0.25) is 0 Å². The Morgan fingerprint density at radius 2 is 2.00 bits per heavy atom. The van der Waals surface area contributed by atoms with Crippen molar-refractivity contribution in [3.8, 4) is 0 Å². The predicted octanol–water partition coefficient (Wildman–Crippen LogP) is 3.04. The number of halogens is 1. The molecule has 1 aromatic carbocycles. The van der Waals surface area contributed by atoms with E-state index in [0.29, 0.717) is 35.5 Å². The summed E-state index contributed by atoms with van der Waals surface area (Å²) in [6.45, 7) is 4.03. The highest BCUT2D eigenvalue weighted by Crippen LogP contribution is 2.23. The fraction of sp³-hybridized carbons (Fsp3) is 0.267. The molecule has 21 heavy (non-hydrogen) atoms. The van der Waals surface area contributed by atoms with Crippen molar-refractivity contribution in [3.63, 3.8) is 0 Å². The van der Waals surface area contributed by atoms with E-state index < -0.39 is 4.92 Å². The number of pyridine rings is 1. The zero-order chi connectivity index (χ0) is 15.4. The van der Waals surface area contributed by atoms with E-state index in [1.165, 1.54) is 12.3 Å². The van der Waals surface area contributed by atoms with Crippen LogP contribution in [0.4, 0.5) is 10.1 Å². The minimum absolute atomic E-state index is 0.0905. The molecule has 0 radical (unpaired) electrons. The largest absolute Gasteiger partial charge is 0.307 e. The first kappa shape index (κ1) is 15.1. The van der Waals surface area contributed by atoms with Gasteiger partial charge in [0.1, 0.15) is 5.82 Å². The van der Waals surface area contributed by atoms with Crippen molar-refractivity contribution in [2.75, 3.05) is 0 Å². The summed E-state index contributed by atoms with van der Waals surface area (Å²) in [5.41, 5.74) is 2.32. The lowest BCUT2D eigenvalue weighted by Gasteiger charge is -2.09. The van der Waals surface area contributed by atoms with Crippen LogP contribution in [0.5, 0.6) is 0 Å². The van der Waals surface area contributed by atoms with Crippen molar-refractivity contribution in [2.45, 2.75) is 26.9 Å². The summed E-state index contributed by atoms with van der Waals surface area (Å²) in [5.74, 6) is -0.274. The predicted molar refractivity (Wildman–Crippen MR) is 77.3 cm³/mol. The molecule has 0 aliphatic carbocycles. The fourth-order valence-corrected chi connectivity index (χ4v) is 2.18. The van der Waals surface area contributed by atoms with E-state index >= 15 is 0 Å². The fourth-order valence-electron chi connectivity index (χ4n) is 2.18. The van der Waals surface area contributed by atoms with Crippen LogP contribution in [0.2, 0.25) is 0 Å². The third kappa shape index (κ3) is 3.41. The second-order valence-electron chi connectivity index (χ2n) is 4.81. The van der Waals surface area contributed by atoms with Crippen LogP contribution in [0.3, 0.4) is 0 Å². The molecule has 0 saturated carbocycles. The first-order chi connectivity index (χ1) is 10.0. The molecule has 0 atom stereocenters. The average Bonchev–Trinajstić information content (AvgIpc) is 2.43. The standard InChI is InChI=1S/C15H16FN3O2/c1-10-7-18-14(11(2)15(10)19(20)21)9-17-8-12-5-3-4-6-13(12)16/h3-7,17H,8-9H2,1-2H3. The van der Waals surface area contributed by atoms with Gasteiger partial charge in [0.05, 0.1) is 10.6 Å². The van der Waals surface area contributed by atoms with Crippen molar-refractivity contribution in [3.05, 3.63) is 68.8 Å². The van der Waals surface area contributed by atoms with Gasteiger partial charge in [0, 0.05) is 36.0 Å². The molecule has 0 bridgehead atoms. The van der Waals surface area contributed by atoms with Gasteiger partial charge >= 0.3 is 0 Å². The van der Waals surface area contributed by atoms with Crippen LogP contribution in [-0.4, -0.2) is 9.91 Å². The molecule has 0 spiro atoms. The summed E-state index contributed by atoms with van der Waals surface area (Å²) in [6, 6.07) is 6.49. The highest BCUT2D eigenvalue weighted by molar-refractivity contribution is 5.47. The molecular formula is C15H16FN3O2. The number of hydrogen-bond donors (Lipinski definition) is 1. The van der Waals surface area contributed by atoms with Crippen LogP contribution in [-0.2, 0) is 13.1 Å². The van der Waals surface area contributed by atoms with Gasteiger partial charge in [0.15, 0.2) is 0 Å². The Balaban J connectivity index is 2.09. The van der Waals surface area contributed by atoms with Crippen molar-refractivity contribution >= 4 is 5.69 Å². The van der Waals surface area contributed by atoms with Crippen LogP contribution < -0.4 is 5.32 Å². The normalized spacial score (nSPS) is 10.6. The van der Waals surface area contributed by atoms with Gasteiger partial charge in [-0.05, 0) is 19.9 Å². The highest BCUT2D eigenvalue weighted by atomic mass is 19.1. The molecule has 110 valence electrons. The molecule has 2 rings (SSSR count). The second-order valence-corrected chi connectivity index (χ2v) is 4.81.